The van der Waals surface area contributed by atoms with E-state index < -0.39 is 0 Å². The second kappa shape index (κ2) is 7.21. The molecule has 7 nitrogen and oxygen atoms in total. The zero-order valence-electron chi connectivity index (χ0n) is 13.9. The van der Waals surface area contributed by atoms with Gasteiger partial charge in [0.1, 0.15) is 5.82 Å². The number of amides is 1. The summed E-state index contributed by atoms with van der Waals surface area (Å²) < 4.78 is 10.5. The van der Waals surface area contributed by atoms with E-state index in [9.17, 15) is 9.59 Å². The van der Waals surface area contributed by atoms with Crippen molar-refractivity contribution in [2.24, 2.45) is 0 Å². The Morgan fingerprint density at radius 2 is 2.04 bits per heavy atom. The molecule has 0 spiro atoms. The van der Waals surface area contributed by atoms with Gasteiger partial charge >= 0.3 is 5.97 Å². The monoisotopic (exact) mass is 341 g/mol. The average molecular weight is 341 g/mol. The van der Waals surface area contributed by atoms with Crippen molar-refractivity contribution in [1.29, 1.82) is 0 Å². The van der Waals surface area contributed by atoms with Crippen LogP contribution >= 0.6 is 0 Å². The van der Waals surface area contributed by atoms with E-state index in [0.717, 1.165) is 12.0 Å². The number of hydrogen-bond donors (Lipinski definition) is 1. The third kappa shape index (κ3) is 3.71. The summed E-state index contributed by atoms with van der Waals surface area (Å²) in [5.41, 5.74) is 7.06. The van der Waals surface area contributed by atoms with Crippen molar-refractivity contribution in [3.8, 4) is 5.75 Å². The SMILES string of the molecule is CCCOC(=O)c1ccc(CN2C(=O)COc3ccc(N)nc32)cc1. The molecule has 0 saturated heterocycles. The maximum Gasteiger partial charge on any atom is 0.338 e. The number of benzene rings is 1. The summed E-state index contributed by atoms with van der Waals surface area (Å²) in [7, 11) is 0. The number of rotatable bonds is 5. The first-order valence-electron chi connectivity index (χ1n) is 8.04. The minimum atomic E-state index is -0.351. The standard InChI is InChI=1S/C18H19N3O4/c1-2-9-24-18(23)13-5-3-12(4-6-13)10-21-16(22)11-25-14-7-8-15(19)20-17(14)21/h3-8H,2,9-11H2,1H3,(H2,19,20). The maximum atomic E-state index is 12.2. The molecule has 25 heavy (non-hydrogen) atoms. The lowest BCUT2D eigenvalue weighted by atomic mass is 10.1. The lowest BCUT2D eigenvalue weighted by molar-refractivity contribution is -0.121. The van der Waals surface area contributed by atoms with Crippen molar-refractivity contribution < 1.29 is 19.1 Å². The molecule has 0 fully saturated rings. The van der Waals surface area contributed by atoms with E-state index in [1.165, 1.54) is 4.90 Å². The van der Waals surface area contributed by atoms with Crippen molar-refractivity contribution in [3.05, 3.63) is 47.5 Å². The van der Waals surface area contributed by atoms with Crippen molar-refractivity contribution in [1.82, 2.24) is 4.98 Å². The fraction of sp³-hybridized carbons (Fsp3) is 0.278. The van der Waals surface area contributed by atoms with Gasteiger partial charge in [-0.05, 0) is 36.2 Å². The maximum absolute atomic E-state index is 12.2. The molecule has 3 rings (SSSR count). The Kier molecular flexibility index (Phi) is 4.83. The quantitative estimate of drug-likeness (QED) is 0.838. The van der Waals surface area contributed by atoms with E-state index in [2.05, 4.69) is 4.98 Å². The van der Waals surface area contributed by atoms with Crippen LogP contribution in [0.3, 0.4) is 0 Å². The highest BCUT2D eigenvalue weighted by molar-refractivity contribution is 5.96. The molecule has 2 N–H and O–H groups in total. The summed E-state index contributed by atoms with van der Waals surface area (Å²) in [6, 6.07) is 10.3. The number of hydrogen-bond acceptors (Lipinski definition) is 6. The first-order chi connectivity index (χ1) is 12.1. The molecule has 7 heteroatoms. The van der Waals surface area contributed by atoms with Crippen LogP contribution < -0.4 is 15.4 Å². The number of pyridine rings is 1. The number of nitrogens with two attached hydrogens (primary N) is 1. The van der Waals surface area contributed by atoms with Crippen LogP contribution in [0.2, 0.25) is 0 Å². The lowest BCUT2D eigenvalue weighted by Gasteiger charge is -2.28. The third-order valence-corrected chi connectivity index (χ3v) is 3.74. The Morgan fingerprint density at radius 3 is 2.76 bits per heavy atom. The average Bonchev–Trinajstić information content (AvgIpc) is 2.62. The number of carbonyl (C=O) groups is 2. The molecule has 0 atom stereocenters. The molecular formula is C18H19N3O4. The fourth-order valence-corrected chi connectivity index (χ4v) is 2.46. The smallest absolute Gasteiger partial charge is 0.338 e. The van der Waals surface area contributed by atoms with Gasteiger partial charge < -0.3 is 15.2 Å². The van der Waals surface area contributed by atoms with Crippen LogP contribution in [0.1, 0.15) is 29.3 Å². The molecule has 1 aromatic heterocycles. The zero-order valence-corrected chi connectivity index (χ0v) is 13.9. The highest BCUT2D eigenvalue weighted by Gasteiger charge is 2.27. The van der Waals surface area contributed by atoms with Crippen LogP contribution in [-0.4, -0.2) is 30.1 Å². The van der Waals surface area contributed by atoms with Crippen molar-refractivity contribution in [2.75, 3.05) is 23.8 Å². The lowest BCUT2D eigenvalue weighted by Crippen LogP contribution is -2.39. The van der Waals surface area contributed by atoms with Crippen molar-refractivity contribution >= 4 is 23.5 Å². The summed E-state index contributed by atoms with van der Waals surface area (Å²) in [6.45, 7) is 2.61. The van der Waals surface area contributed by atoms with Gasteiger partial charge in [-0.25, -0.2) is 9.78 Å². The van der Waals surface area contributed by atoms with Crippen LogP contribution in [0.4, 0.5) is 11.6 Å². The molecule has 1 amide bonds. The molecule has 0 saturated carbocycles. The van der Waals surface area contributed by atoms with Gasteiger partial charge in [-0.1, -0.05) is 19.1 Å². The van der Waals surface area contributed by atoms with Crippen molar-refractivity contribution in [3.63, 3.8) is 0 Å². The molecule has 0 bridgehead atoms. The number of carbonyl (C=O) groups excluding carboxylic acids is 2. The van der Waals surface area contributed by atoms with Gasteiger partial charge in [-0.2, -0.15) is 0 Å². The van der Waals surface area contributed by atoms with Gasteiger partial charge in [0.15, 0.2) is 18.2 Å². The molecule has 2 aromatic rings. The molecule has 130 valence electrons. The summed E-state index contributed by atoms with van der Waals surface area (Å²) in [5, 5.41) is 0. The molecule has 0 radical (unpaired) electrons. The van der Waals surface area contributed by atoms with Gasteiger partial charge in [0.2, 0.25) is 0 Å². The van der Waals surface area contributed by atoms with E-state index in [1.54, 1.807) is 36.4 Å². The Bertz CT molecular complexity index is 789. The fourth-order valence-electron chi connectivity index (χ4n) is 2.46. The first kappa shape index (κ1) is 16.8. The Balaban J connectivity index is 1.77. The molecule has 0 unspecified atom stereocenters. The minimum Gasteiger partial charge on any atom is -0.480 e. The number of nitrogens with zero attached hydrogens (tertiary/aromatic N) is 2. The summed E-state index contributed by atoms with van der Waals surface area (Å²) in [4.78, 5) is 29.8. The van der Waals surface area contributed by atoms with E-state index >= 15 is 0 Å². The Hall–Kier alpha value is -3.09. The summed E-state index contributed by atoms with van der Waals surface area (Å²) in [5.74, 6) is 0.694. The molecule has 1 aromatic carbocycles. The van der Waals surface area contributed by atoms with E-state index in [-0.39, 0.29) is 18.5 Å². The normalized spacial score (nSPS) is 13.2. The number of aromatic nitrogens is 1. The van der Waals surface area contributed by atoms with E-state index in [1.807, 2.05) is 6.92 Å². The van der Waals surface area contributed by atoms with Gasteiger partial charge in [0.25, 0.3) is 5.91 Å². The number of ether oxygens (including phenoxy) is 2. The summed E-state index contributed by atoms with van der Waals surface area (Å²) >= 11 is 0. The number of anilines is 2. The third-order valence-electron chi connectivity index (χ3n) is 3.74. The predicted molar refractivity (Wildman–Crippen MR) is 92.3 cm³/mol. The van der Waals surface area contributed by atoms with Crippen LogP contribution in [-0.2, 0) is 16.1 Å². The second-order valence-corrected chi connectivity index (χ2v) is 5.66. The minimum absolute atomic E-state index is 0.0416. The Morgan fingerprint density at radius 1 is 1.28 bits per heavy atom. The zero-order chi connectivity index (χ0) is 17.8. The summed E-state index contributed by atoms with van der Waals surface area (Å²) in [6.07, 6.45) is 0.776. The second-order valence-electron chi connectivity index (χ2n) is 5.66. The van der Waals surface area contributed by atoms with Gasteiger partial charge in [0.05, 0.1) is 18.7 Å². The van der Waals surface area contributed by atoms with Crippen molar-refractivity contribution in [2.45, 2.75) is 19.9 Å². The highest BCUT2D eigenvalue weighted by atomic mass is 16.5. The Labute approximate surface area is 145 Å². The van der Waals surface area contributed by atoms with E-state index in [0.29, 0.717) is 36.1 Å². The molecule has 0 aliphatic carbocycles. The van der Waals surface area contributed by atoms with Crippen LogP contribution in [0.25, 0.3) is 0 Å². The number of esters is 1. The largest absolute Gasteiger partial charge is 0.480 e. The van der Waals surface area contributed by atoms with Crippen LogP contribution in [0.15, 0.2) is 36.4 Å². The molecule has 2 heterocycles. The van der Waals surface area contributed by atoms with Crippen LogP contribution in [0.5, 0.6) is 5.75 Å². The first-order valence-corrected chi connectivity index (χ1v) is 8.04. The molecular weight excluding hydrogens is 322 g/mol. The molecule has 1 aliphatic rings. The topological polar surface area (TPSA) is 94.8 Å². The van der Waals surface area contributed by atoms with Gasteiger partial charge in [0, 0.05) is 0 Å². The van der Waals surface area contributed by atoms with Gasteiger partial charge in [-0.15, -0.1) is 0 Å². The van der Waals surface area contributed by atoms with Gasteiger partial charge in [-0.3, -0.25) is 9.69 Å². The number of nitrogen functional groups attached to an aromatic ring is 1. The van der Waals surface area contributed by atoms with E-state index in [4.69, 9.17) is 15.2 Å². The highest BCUT2D eigenvalue weighted by Crippen LogP contribution is 2.31. The predicted octanol–water partition coefficient (Wildman–Crippen LogP) is 2.16. The number of fused-ring (bicyclic) bond motifs is 1. The van der Waals surface area contributed by atoms with Crippen LogP contribution in [0, 0.1) is 0 Å². The molecule has 1 aliphatic heterocycles.